The van der Waals surface area contributed by atoms with Crippen LogP contribution in [0.2, 0.25) is 0 Å². The van der Waals surface area contributed by atoms with E-state index in [2.05, 4.69) is 5.32 Å². The van der Waals surface area contributed by atoms with E-state index in [1.165, 1.54) is 11.4 Å². The second kappa shape index (κ2) is 11.6. The van der Waals surface area contributed by atoms with Crippen LogP contribution in [-0.4, -0.2) is 46.9 Å². The van der Waals surface area contributed by atoms with Crippen molar-refractivity contribution in [3.63, 3.8) is 0 Å². The number of hydrogen-bond donors (Lipinski definition) is 1. The van der Waals surface area contributed by atoms with Gasteiger partial charge in [-0.15, -0.1) is 0 Å². The maximum absolute atomic E-state index is 12.5. The lowest BCUT2D eigenvalue weighted by molar-refractivity contribution is -0.128. The van der Waals surface area contributed by atoms with E-state index in [1.54, 1.807) is 24.3 Å². The molecule has 0 heterocycles. The minimum atomic E-state index is -3.33. The molecule has 0 aliphatic heterocycles. The quantitative estimate of drug-likeness (QED) is 0.503. The van der Waals surface area contributed by atoms with Gasteiger partial charge in [0.15, 0.2) is 6.10 Å². The van der Waals surface area contributed by atoms with Crippen LogP contribution in [0.5, 0.6) is 11.5 Å². The number of para-hydroxylation sites is 1. The molecule has 0 saturated heterocycles. The van der Waals surface area contributed by atoms with Crippen LogP contribution in [0.25, 0.3) is 0 Å². The fraction of sp³-hybridized carbons (Fsp3) is 0.435. The summed E-state index contributed by atoms with van der Waals surface area (Å²) in [5, 5.41) is 2.93. The standard InChI is InChI=1S/C23H32N2O5S/c1-5-21(30-20-15-13-19(14-16-20)25(3)31(4,27)28)23(26)24-17-9-11-18-10-7-8-12-22(18)29-6-2/h7-8,10,12-16,21H,5-6,9,11,17H2,1-4H3,(H,24,26)/t21-/m0/s1. The predicted molar refractivity (Wildman–Crippen MR) is 123 cm³/mol. The van der Waals surface area contributed by atoms with Crippen molar-refractivity contribution in [3.05, 3.63) is 54.1 Å². The van der Waals surface area contributed by atoms with E-state index in [-0.39, 0.29) is 5.91 Å². The smallest absolute Gasteiger partial charge is 0.261 e. The largest absolute Gasteiger partial charge is 0.494 e. The zero-order valence-electron chi connectivity index (χ0n) is 18.6. The van der Waals surface area contributed by atoms with Crippen LogP contribution in [0.15, 0.2) is 48.5 Å². The molecule has 0 aromatic heterocycles. The highest BCUT2D eigenvalue weighted by Crippen LogP contribution is 2.22. The molecule has 1 atom stereocenters. The summed E-state index contributed by atoms with van der Waals surface area (Å²) in [4.78, 5) is 12.5. The van der Waals surface area contributed by atoms with Crippen molar-refractivity contribution in [2.45, 2.75) is 39.2 Å². The van der Waals surface area contributed by atoms with Crippen LogP contribution in [0, 0.1) is 0 Å². The van der Waals surface area contributed by atoms with Gasteiger partial charge in [0.05, 0.1) is 18.6 Å². The van der Waals surface area contributed by atoms with Crippen LogP contribution < -0.4 is 19.1 Å². The topological polar surface area (TPSA) is 84.9 Å². The number of ether oxygens (including phenoxy) is 2. The first-order valence-corrected chi connectivity index (χ1v) is 12.3. The molecular weight excluding hydrogens is 416 g/mol. The number of nitrogens with one attached hydrogen (secondary N) is 1. The number of rotatable bonds is 12. The summed E-state index contributed by atoms with van der Waals surface area (Å²) in [5.41, 5.74) is 1.65. The van der Waals surface area contributed by atoms with E-state index >= 15 is 0 Å². The maximum atomic E-state index is 12.5. The Labute approximate surface area is 185 Å². The molecule has 0 fully saturated rings. The molecule has 1 N–H and O–H groups in total. The SMILES string of the molecule is CCOc1ccccc1CCCNC(=O)[C@H](CC)Oc1ccc(N(C)S(C)(=O)=O)cc1. The normalized spacial score (nSPS) is 12.1. The van der Waals surface area contributed by atoms with Crippen molar-refractivity contribution in [1.82, 2.24) is 5.32 Å². The lowest BCUT2D eigenvalue weighted by Gasteiger charge is -2.19. The van der Waals surface area contributed by atoms with Crippen molar-refractivity contribution >= 4 is 21.6 Å². The summed E-state index contributed by atoms with van der Waals surface area (Å²) in [6.45, 7) is 5.00. The zero-order chi connectivity index (χ0) is 22.9. The summed E-state index contributed by atoms with van der Waals surface area (Å²) in [6, 6.07) is 14.6. The van der Waals surface area contributed by atoms with Gasteiger partial charge in [0.1, 0.15) is 11.5 Å². The molecule has 0 unspecified atom stereocenters. The highest BCUT2D eigenvalue weighted by molar-refractivity contribution is 7.92. The number of benzene rings is 2. The zero-order valence-corrected chi connectivity index (χ0v) is 19.4. The third kappa shape index (κ3) is 7.47. The van der Waals surface area contributed by atoms with Crippen LogP contribution in [0.4, 0.5) is 5.69 Å². The van der Waals surface area contributed by atoms with Gasteiger partial charge in [-0.1, -0.05) is 25.1 Å². The van der Waals surface area contributed by atoms with Gasteiger partial charge in [0, 0.05) is 13.6 Å². The number of hydrogen-bond acceptors (Lipinski definition) is 5. The van der Waals surface area contributed by atoms with Gasteiger partial charge < -0.3 is 14.8 Å². The fourth-order valence-electron chi connectivity index (χ4n) is 3.02. The summed E-state index contributed by atoms with van der Waals surface area (Å²) >= 11 is 0. The van der Waals surface area contributed by atoms with Gasteiger partial charge in [0.2, 0.25) is 10.0 Å². The van der Waals surface area contributed by atoms with Gasteiger partial charge in [-0.25, -0.2) is 8.42 Å². The van der Waals surface area contributed by atoms with Crippen molar-refractivity contribution in [1.29, 1.82) is 0 Å². The fourth-order valence-corrected chi connectivity index (χ4v) is 3.53. The first-order valence-electron chi connectivity index (χ1n) is 10.4. The number of anilines is 1. The molecular formula is C23H32N2O5S. The second-order valence-corrected chi connectivity index (χ2v) is 9.19. The molecule has 8 heteroatoms. The molecule has 0 bridgehead atoms. The molecule has 0 saturated carbocycles. The molecule has 2 aromatic carbocycles. The van der Waals surface area contributed by atoms with Crippen molar-refractivity contribution < 1.29 is 22.7 Å². The number of carbonyl (C=O) groups is 1. The minimum absolute atomic E-state index is 0.169. The molecule has 0 radical (unpaired) electrons. The average Bonchev–Trinajstić information content (AvgIpc) is 2.75. The van der Waals surface area contributed by atoms with E-state index in [9.17, 15) is 13.2 Å². The molecule has 2 aromatic rings. The summed E-state index contributed by atoms with van der Waals surface area (Å²) in [6.07, 6.45) is 2.64. The Hall–Kier alpha value is -2.74. The van der Waals surface area contributed by atoms with E-state index in [0.717, 1.165) is 30.4 Å². The van der Waals surface area contributed by atoms with Crippen LogP contribution >= 0.6 is 0 Å². The number of nitrogens with zero attached hydrogens (tertiary/aromatic N) is 1. The summed E-state index contributed by atoms with van der Waals surface area (Å²) < 4.78 is 35.9. The van der Waals surface area contributed by atoms with Crippen molar-refractivity contribution in [2.75, 3.05) is 30.8 Å². The number of carbonyl (C=O) groups excluding carboxylic acids is 1. The molecule has 1 amide bonds. The predicted octanol–water partition coefficient (Wildman–Crippen LogP) is 3.39. The van der Waals surface area contributed by atoms with Crippen molar-refractivity contribution in [3.8, 4) is 11.5 Å². The van der Waals surface area contributed by atoms with Gasteiger partial charge in [-0.05, 0) is 62.1 Å². The van der Waals surface area contributed by atoms with E-state index in [4.69, 9.17) is 9.47 Å². The monoisotopic (exact) mass is 448 g/mol. The molecule has 2 rings (SSSR count). The Kier molecular flexibility index (Phi) is 9.18. The van der Waals surface area contributed by atoms with Gasteiger partial charge in [-0.3, -0.25) is 9.10 Å². The lowest BCUT2D eigenvalue weighted by atomic mass is 10.1. The Morgan fingerprint density at radius 1 is 1.10 bits per heavy atom. The molecule has 0 aliphatic carbocycles. The highest BCUT2D eigenvalue weighted by atomic mass is 32.2. The van der Waals surface area contributed by atoms with Crippen LogP contribution in [-0.2, 0) is 21.2 Å². The van der Waals surface area contributed by atoms with Crippen LogP contribution in [0.1, 0.15) is 32.3 Å². The third-order valence-electron chi connectivity index (χ3n) is 4.83. The molecule has 0 spiro atoms. The minimum Gasteiger partial charge on any atom is -0.494 e. The first kappa shape index (κ1) is 24.5. The number of aryl methyl sites for hydroxylation is 1. The third-order valence-corrected chi connectivity index (χ3v) is 6.04. The average molecular weight is 449 g/mol. The van der Waals surface area contributed by atoms with Gasteiger partial charge in [0.25, 0.3) is 5.91 Å². The maximum Gasteiger partial charge on any atom is 0.261 e. The van der Waals surface area contributed by atoms with Gasteiger partial charge in [-0.2, -0.15) is 0 Å². The molecule has 7 nitrogen and oxygen atoms in total. The second-order valence-electron chi connectivity index (χ2n) is 7.17. The first-order chi connectivity index (χ1) is 14.8. The summed E-state index contributed by atoms with van der Waals surface area (Å²) in [7, 11) is -1.84. The van der Waals surface area contributed by atoms with E-state index in [0.29, 0.717) is 31.0 Å². The molecule has 0 aliphatic rings. The summed E-state index contributed by atoms with van der Waals surface area (Å²) in [5.74, 6) is 1.23. The number of amides is 1. The van der Waals surface area contributed by atoms with E-state index in [1.807, 2.05) is 38.1 Å². The van der Waals surface area contributed by atoms with Gasteiger partial charge >= 0.3 is 0 Å². The highest BCUT2D eigenvalue weighted by Gasteiger charge is 2.18. The lowest BCUT2D eigenvalue weighted by Crippen LogP contribution is -2.38. The Balaban J connectivity index is 1.85. The van der Waals surface area contributed by atoms with Crippen molar-refractivity contribution in [2.24, 2.45) is 0 Å². The Bertz CT molecular complexity index is 945. The molecule has 170 valence electrons. The molecule has 31 heavy (non-hydrogen) atoms. The Morgan fingerprint density at radius 3 is 2.39 bits per heavy atom. The van der Waals surface area contributed by atoms with Crippen LogP contribution in [0.3, 0.4) is 0 Å². The van der Waals surface area contributed by atoms with E-state index < -0.39 is 16.1 Å². The Morgan fingerprint density at radius 2 is 1.77 bits per heavy atom. The number of sulfonamides is 1.